The van der Waals surface area contributed by atoms with Gasteiger partial charge in [-0.25, -0.2) is 0 Å². The van der Waals surface area contributed by atoms with Gasteiger partial charge in [-0.15, -0.1) is 0 Å². The Labute approximate surface area is 126 Å². The maximum atomic E-state index is 3.65. The van der Waals surface area contributed by atoms with E-state index in [2.05, 4.69) is 63.3 Å². The molecule has 114 valence electrons. The SMILES string of the molecule is CCCC(C)CC(CNCC(C)C)Cc1ccccc1. The van der Waals surface area contributed by atoms with Gasteiger partial charge >= 0.3 is 0 Å². The van der Waals surface area contributed by atoms with Crippen LogP contribution in [0.2, 0.25) is 0 Å². The zero-order valence-electron chi connectivity index (χ0n) is 13.9. The molecule has 1 aromatic carbocycles. The number of hydrogen-bond donors (Lipinski definition) is 1. The maximum absolute atomic E-state index is 3.65. The van der Waals surface area contributed by atoms with Crippen molar-refractivity contribution in [1.82, 2.24) is 5.32 Å². The van der Waals surface area contributed by atoms with Gasteiger partial charge in [0.25, 0.3) is 0 Å². The topological polar surface area (TPSA) is 12.0 Å². The smallest absolute Gasteiger partial charge is 0.00171 e. The van der Waals surface area contributed by atoms with Gasteiger partial charge in [0, 0.05) is 0 Å². The molecule has 0 radical (unpaired) electrons. The van der Waals surface area contributed by atoms with Crippen LogP contribution >= 0.6 is 0 Å². The Hall–Kier alpha value is -0.820. The average Bonchev–Trinajstić information content (AvgIpc) is 2.39. The lowest BCUT2D eigenvalue weighted by molar-refractivity contribution is 0.348. The first-order valence-electron chi connectivity index (χ1n) is 8.36. The molecule has 20 heavy (non-hydrogen) atoms. The van der Waals surface area contributed by atoms with E-state index in [-0.39, 0.29) is 0 Å². The van der Waals surface area contributed by atoms with Crippen LogP contribution in [-0.2, 0) is 6.42 Å². The second kappa shape index (κ2) is 9.99. The normalized spacial score (nSPS) is 14.4. The number of hydrogen-bond acceptors (Lipinski definition) is 1. The molecule has 0 bridgehead atoms. The van der Waals surface area contributed by atoms with Gasteiger partial charge in [-0.05, 0) is 49.2 Å². The van der Waals surface area contributed by atoms with Crippen LogP contribution in [0.25, 0.3) is 0 Å². The van der Waals surface area contributed by atoms with Crippen LogP contribution in [0.15, 0.2) is 30.3 Å². The van der Waals surface area contributed by atoms with Crippen molar-refractivity contribution in [3.63, 3.8) is 0 Å². The first-order valence-corrected chi connectivity index (χ1v) is 8.36. The van der Waals surface area contributed by atoms with Crippen LogP contribution in [0.3, 0.4) is 0 Å². The van der Waals surface area contributed by atoms with Crippen molar-refractivity contribution in [2.45, 2.75) is 53.4 Å². The minimum Gasteiger partial charge on any atom is -0.316 e. The second-order valence-electron chi connectivity index (χ2n) is 6.74. The zero-order chi connectivity index (χ0) is 14.8. The van der Waals surface area contributed by atoms with Gasteiger partial charge in [-0.1, -0.05) is 70.9 Å². The summed E-state index contributed by atoms with van der Waals surface area (Å²) in [5.74, 6) is 2.34. The molecule has 2 unspecified atom stereocenters. The van der Waals surface area contributed by atoms with E-state index in [0.29, 0.717) is 0 Å². The Morgan fingerprint density at radius 3 is 2.30 bits per heavy atom. The summed E-state index contributed by atoms with van der Waals surface area (Å²) in [4.78, 5) is 0. The van der Waals surface area contributed by atoms with Crippen molar-refractivity contribution in [3.05, 3.63) is 35.9 Å². The fraction of sp³-hybridized carbons (Fsp3) is 0.684. The fourth-order valence-electron chi connectivity index (χ4n) is 2.94. The molecule has 1 rings (SSSR count). The lowest BCUT2D eigenvalue weighted by atomic mass is 9.88. The minimum absolute atomic E-state index is 0.737. The van der Waals surface area contributed by atoms with E-state index in [1.807, 2.05) is 0 Å². The Bertz CT molecular complexity index is 331. The van der Waals surface area contributed by atoms with Crippen LogP contribution in [-0.4, -0.2) is 13.1 Å². The molecule has 0 aliphatic rings. The van der Waals surface area contributed by atoms with Crippen molar-refractivity contribution in [1.29, 1.82) is 0 Å². The molecule has 0 spiro atoms. The van der Waals surface area contributed by atoms with E-state index in [9.17, 15) is 0 Å². The third kappa shape index (κ3) is 7.69. The molecule has 1 N–H and O–H groups in total. The van der Waals surface area contributed by atoms with Gasteiger partial charge in [0.1, 0.15) is 0 Å². The standard InChI is InChI=1S/C19H33N/c1-5-9-17(4)12-19(15-20-14-16(2)3)13-18-10-7-6-8-11-18/h6-8,10-11,16-17,19-20H,5,9,12-15H2,1-4H3. The lowest BCUT2D eigenvalue weighted by Crippen LogP contribution is -2.28. The molecule has 0 saturated heterocycles. The maximum Gasteiger partial charge on any atom is -0.00171 e. The van der Waals surface area contributed by atoms with Crippen LogP contribution in [0.1, 0.15) is 52.5 Å². The molecule has 1 heteroatoms. The third-order valence-electron chi connectivity index (χ3n) is 3.87. The third-order valence-corrected chi connectivity index (χ3v) is 3.87. The average molecular weight is 275 g/mol. The van der Waals surface area contributed by atoms with E-state index < -0.39 is 0 Å². The van der Waals surface area contributed by atoms with Gasteiger partial charge in [0.15, 0.2) is 0 Å². The first kappa shape index (κ1) is 17.2. The molecule has 0 amide bonds. The summed E-state index contributed by atoms with van der Waals surface area (Å²) < 4.78 is 0. The molecular formula is C19H33N. The van der Waals surface area contributed by atoms with Crippen LogP contribution in [0.5, 0.6) is 0 Å². The molecule has 1 nitrogen and oxygen atoms in total. The summed E-state index contributed by atoms with van der Waals surface area (Å²) in [6.45, 7) is 11.5. The predicted octanol–water partition coefficient (Wildman–Crippen LogP) is 4.92. The second-order valence-corrected chi connectivity index (χ2v) is 6.74. The Balaban J connectivity index is 2.49. The van der Waals surface area contributed by atoms with Crippen molar-refractivity contribution in [3.8, 4) is 0 Å². The van der Waals surface area contributed by atoms with Crippen LogP contribution in [0.4, 0.5) is 0 Å². The Morgan fingerprint density at radius 1 is 1.00 bits per heavy atom. The fourth-order valence-corrected chi connectivity index (χ4v) is 2.94. The molecule has 1 aromatic rings. The number of nitrogens with one attached hydrogen (secondary N) is 1. The molecule has 0 heterocycles. The highest BCUT2D eigenvalue weighted by Crippen LogP contribution is 2.20. The van der Waals surface area contributed by atoms with Gasteiger partial charge < -0.3 is 5.32 Å². The molecule has 0 aliphatic carbocycles. The van der Waals surface area contributed by atoms with E-state index in [0.717, 1.165) is 30.8 Å². The van der Waals surface area contributed by atoms with Crippen LogP contribution < -0.4 is 5.32 Å². The summed E-state index contributed by atoms with van der Waals surface area (Å²) in [5.41, 5.74) is 1.48. The summed E-state index contributed by atoms with van der Waals surface area (Å²) in [7, 11) is 0. The summed E-state index contributed by atoms with van der Waals surface area (Å²) in [6.07, 6.45) is 5.21. The monoisotopic (exact) mass is 275 g/mol. The quantitative estimate of drug-likeness (QED) is 0.639. The summed E-state index contributed by atoms with van der Waals surface area (Å²) in [6, 6.07) is 10.9. The zero-order valence-corrected chi connectivity index (χ0v) is 13.9. The highest BCUT2D eigenvalue weighted by molar-refractivity contribution is 5.15. The Kier molecular flexibility index (Phi) is 8.60. The van der Waals surface area contributed by atoms with Crippen molar-refractivity contribution < 1.29 is 0 Å². The van der Waals surface area contributed by atoms with E-state index in [1.165, 1.54) is 31.2 Å². The van der Waals surface area contributed by atoms with Crippen molar-refractivity contribution in [2.24, 2.45) is 17.8 Å². The molecule has 0 fully saturated rings. The summed E-state index contributed by atoms with van der Waals surface area (Å²) >= 11 is 0. The number of rotatable bonds is 10. The highest BCUT2D eigenvalue weighted by Gasteiger charge is 2.13. The lowest BCUT2D eigenvalue weighted by Gasteiger charge is -2.22. The van der Waals surface area contributed by atoms with Gasteiger partial charge in [-0.3, -0.25) is 0 Å². The molecular weight excluding hydrogens is 242 g/mol. The van der Waals surface area contributed by atoms with Crippen molar-refractivity contribution >= 4 is 0 Å². The van der Waals surface area contributed by atoms with E-state index in [4.69, 9.17) is 0 Å². The van der Waals surface area contributed by atoms with Gasteiger partial charge in [0.2, 0.25) is 0 Å². The van der Waals surface area contributed by atoms with Crippen molar-refractivity contribution in [2.75, 3.05) is 13.1 Å². The van der Waals surface area contributed by atoms with E-state index >= 15 is 0 Å². The van der Waals surface area contributed by atoms with Crippen LogP contribution in [0, 0.1) is 17.8 Å². The Morgan fingerprint density at radius 2 is 1.70 bits per heavy atom. The number of benzene rings is 1. The van der Waals surface area contributed by atoms with Gasteiger partial charge in [-0.2, -0.15) is 0 Å². The minimum atomic E-state index is 0.737. The first-order chi connectivity index (χ1) is 9.61. The van der Waals surface area contributed by atoms with E-state index in [1.54, 1.807) is 0 Å². The molecule has 0 aliphatic heterocycles. The largest absolute Gasteiger partial charge is 0.316 e. The highest BCUT2D eigenvalue weighted by atomic mass is 14.9. The molecule has 0 aromatic heterocycles. The summed E-state index contributed by atoms with van der Waals surface area (Å²) in [5, 5.41) is 3.65. The van der Waals surface area contributed by atoms with Gasteiger partial charge in [0.05, 0.1) is 0 Å². The predicted molar refractivity (Wildman–Crippen MR) is 90.0 cm³/mol. The molecule has 0 saturated carbocycles. The molecule has 2 atom stereocenters.